The molecule has 0 fully saturated rings. The van der Waals surface area contributed by atoms with E-state index in [4.69, 9.17) is 10.5 Å². The van der Waals surface area contributed by atoms with Gasteiger partial charge in [0, 0.05) is 28.4 Å². The van der Waals surface area contributed by atoms with Gasteiger partial charge in [-0.3, -0.25) is 4.79 Å². The first-order chi connectivity index (χ1) is 13.6. The summed E-state index contributed by atoms with van der Waals surface area (Å²) in [5, 5.41) is 15.1. The maximum Gasteiger partial charge on any atom is 0.248 e. The van der Waals surface area contributed by atoms with Gasteiger partial charge in [-0.1, -0.05) is 0 Å². The van der Waals surface area contributed by atoms with Crippen LogP contribution in [0, 0.1) is 11.3 Å². The molecule has 0 bridgehead atoms. The first-order valence-corrected chi connectivity index (χ1v) is 9.44. The number of aromatic nitrogens is 1. The van der Waals surface area contributed by atoms with Crippen LogP contribution in [0.2, 0.25) is 0 Å². The van der Waals surface area contributed by atoms with Gasteiger partial charge in [0.1, 0.15) is 22.4 Å². The highest BCUT2D eigenvalue weighted by molar-refractivity contribution is 7.11. The highest BCUT2D eigenvalue weighted by Crippen LogP contribution is 2.27. The van der Waals surface area contributed by atoms with Crippen LogP contribution in [0.15, 0.2) is 60.1 Å². The Morgan fingerprint density at radius 3 is 2.57 bits per heavy atom. The van der Waals surface area contributed by atoms with E-state index in [0.717, 1.165) is 22.7 Å². The van der Waals surface area contributed by atoms with Gasteiger partial charge < -0.3 is 15.8 Å². The van der Waals surface area contributed by atoms with Gasteiger partial charge in [0.2, 0.25) is 5.91 Å². The number of allylic oxidation sites excluding steroid dienone is 1. The van der Waals surface area contributed by atoms with E-state index in [9.17, 15) is 10.1 Å². The number of thiazole rings is 1. The van der Waals surface area contributed by atoms with Crippen LogP contribution in [-0.4, -0.2) is 17.5 Å². The third kappa shape index (κ3) is 4.55. The van der Waals surface area contributed by atoms with Crippen molar-refractivity contribution in [2.24, 2.45) is 5.73 Å². The molecule has 0 atom stereocenters. The Hall–Kier alpha value is -3.63. The molecule has 0 spiro atoms. The summed E-state index contributed by atoms with van der Waals surface area (Å²) in [6.45, 7) is 2.56. The first kappa shape index (κ1) is 19.1. The second kappa shape index (κ2) is 8.84. The largest absolute Gasteiger partial charge is 0.494 e. The summed E-state index contributed by atoms with van der Waals surface area (Å²) in [6, 6.07) is 16.5. The smallest absolute Gasteiger partial charge is 0.248 e. The van der Waals surface area contributed by atoms with Gasteiger partial charge in [-0.05, 0) is 55.5 Å². The van der Waals surface area contributed by atoms with Crippen molar-refractivity contribution in [3.8, 4) is 23.1 Å². The lowest BCUT2D eigenvalue weighted by atomic mass is 10.2. The van der Waals surface area contributed by atoms with Crippen LogP contribution in [0.25, 0.3) is 16.8 Å². The fourth-order valence-corrected chi connectivity index (χ4v) is 3.24. The molecule has 0 unspecified atom stereocenters. The molecule has 140 valence electrons. The van der Waals surface area contributed by atoms with Crippen molar-refractivity contribution in [1.29, 1.82) is 5.26 Å². The van der Waals surface area contributed by atoms with E-state index in [1.165, 1.54) is 11.3 Å². The van der Waals surface area contributed by atoms with Crippen molar-refractivity contribution in [2.75, 3.05) is 11.9 Å². The number of carbonyl (C=O) groups excluding carboxylic acids is 1. The summed E-state index contributed by atoms with van der Waals surface area (Å²) in [5.74, 6) is 0.329. The minimum absolute atomic E-state index is 0.418. The standard InChI is InChI=1S/C21H18N4O2S/c1-2-27-18-9-5-14(6-10-18)19-13-28-21(25-19)16(11-22)12-24-17-7-3-15(4-8-17)20(23)26/h3-10,12-13,24H,2H2,1H3,(H2,23,26)/b16-12+. The number of nitrogens with two attached hydrogens (primary N) is 1. The molecule has 7 heteroatoms. The summed E-state index contributed by atoms with van der Waals surface area (Å²) >= 11 is 1.40. The Morgan fingerprint density at radius 1 is 1.25 bits per heavy atom. The minimum atomic E-state index is -0.482. The summed E-state index contributed by atoms with van der Waals surface area (Å²) in [7, 11) is 0. The Kier molecular flexibility index (Phi) is 6.04. The molecule has 0 saturated carbocycles. The number of rotatable bonds is 7. The number of anilines is 1. The number of hydrogen-bond donors (Lipinski definition) is 2. The maximum atomic E-state index is 11.1. The van der Waals surface area contributed by atoms with Crippen LogP contribution in [0.5, 0.6) is 5.75 Å². The van der Waals surface area contributed by atoms with Gasteiger partial charge >= 0.3 is 0 Å². The molecule has 0 saturated heterocycles. The fraction of sp³-hybridized carbons (Fsp3) is 0.0952. The fourth-order valence-electron chi connectivity index (χ4n) is 2.45. The summed E-state index contributed by atoms with van der Waals surface area (Å²) < 4.78 is 5.45. The van der Waals surface area contributed by atoms with E-state index in [2.05, 4.69) is 16.4 Å². The highest BCUT2D eigenvalue weighted by Gasteiger charge is 2.09. The number of nitrogens with one attached hydrogen (secondary N) is 1. The lowest BCUT2D eigenvalue weighted by molar-refractivity contribution is 0.100. The van der Waals surface area contributed by atoms with Crippen LogP contribution in [0.1, 0.15) is 22.3 Å². The van der Waals surface area contributed by atoms with E-state index < -0.39 is 5.91 Å². The van der Waals surface area contributed by atoms with E-state index in [1.54, 1.807) is 30.5 Å². The molecule has 3 N–H and O–H groups in total. The average Bonchev–Trinajstić information content (AvgIpc) is 3.20. The molecule has 0 aliphatic heterocycles. The van der Waals surface area contributed by atoms with Gasteiger partial charge in [0.15, 0.2) is 0 Å². The quantitative estimate of drug-likeness (QED) is 0.586. The second-order valence-corrected chi connectivity index (χ2v) is 6.61. The van der Waals surface area contributed by atoms with Crippen LogP contribution in [-0.2, 0) is 0 Å². The topological polar surface area (TPSA) is 101 Å². The molecule has 0 radical (unpaired) electrons. The lowest BCUT2D eigenvalue weighted by Crippen LogP contribution is -2.10. The number of ether oxygens (including phenoxy) is 1. The van der Waals surface area contributed by atoms with Crippen molar-refractivity contribution in [3.05, 3.63) is 70.7 Å². The van der Waals surface area contributed by atoms with Crippen LogP contribution in [0.4, 0.5) is 5.69 Å². The zero-order valence-electron chi connectivity index (χ0n) is 15.2. The van der Waals surface area contributed by atoms with Crippen LogP contribution < -0.4 is 15.8 Å². The number of carbonyl (C=O) groups is 1. The molecular weight excluding hydrogens is 372 g/mol. The molecule has 1 aromatic heterocycles. The first-order valence-electron chi connectivity index (χ1n) is 8.56. The van der Waals surface area contributed by atoms with E-state index in [-0.39, 0.29) is 0 Å². The molecule has 6 nitrogen and oxygen atoms in total. The summed E-state index contributed by atoms with van der Waals surface area (Å²) in [4.78, 5) is 15.7. The predicted octanol–water partition coefficient (Wildman–Crippen LogP) is 4.28. The van der Waals surface area contributed by atoms with Gasteiger partial charge in [-0.2, -0.15) is 5.26 Å². The molecular formula is C21H18N4O2S. The SMILES string of the molecule is CCOc1ccc(-c2csc(/C(C#N)=C/Nc3ccc(C(N)=O)cc3)n2)cc1. The Labute approximate surface area is 166 Å². The average molecular weight is 390 g/mol. The second-order valence-electron chi connectivity index (χ2n) is 5.75. The predicted molar refractivity (Wildman–Crippen MR) is 111 cm³/mol. The number of nitriles is 1. The molecule has 1 amide bonds. The molecule has 2 aromatic carbocycles. The van der Waals surface area contributed by atoms with Crippen molar-refractivity contribution in [3.63, 3.8) is 0 Å². The molecule has 1 heterocycles. The zero-order valence-corrected chi connectivity index (χ0v) is 16.0. The van der Waals surface area contributed by atoms with Gasteiger partial charge in [0.05, 0.1) is 12.3 Å². The van der Waals surface area contributed by atoms with E-state index in [0.29, 0.717) is 22.8 Å². The van der Waals surface area contributed by atoms with Crippen molar-refractivity contribution in [2.45, 2.75) is 6.92 Å². The Balaban J connectivity index is 1.75. The number of hydrogen-bond acceptors (Lipinski definition) is 6. The third-order valence-corrected chi connectivity index (χ3v) is 4.74. The van der Waals surface area contributed by atoms with Gasteiger partial charge in [-0.15, -0.1) is 11.3 Å². The summed E-state index contributed by atoms with van der Waals surface area (Å²) in [6.07, 6.45) is 1.60. The van der Waals surface area contributed by atoms with E-state index >= 15 is 0 Å². The number of benzene rings is 2. The van der Waals surface area contributed by atoms with Gasteiger partial charge in [-0.25, -0.2) is 4.98 Å². The summed E-state index contributed by atoms with van der Waals surface area (Å²) in [5.41, 5.74) is 8.57. The number of primary amides is 1. The van der Waals surface area contributed by atoms with Crippen molar-refractivity contribution in [1.82, 2.24) is 4.98 Å². The number of nitrogens with zero attached hydrogens (tertiary/aromatic N) is 2. The van der Waals surface area contributed by atoms with E-state index in [1.807, 2.05) is 36.6 Å². The molecule has 0 aliphatic rings. The Bertz CT molecular complexity index is 1030. The zero-order chi connectivity index (χ0) is 19.9. The van der Waals surface area contributed by atoms with Crippen LogP contribution >= 0.6 is 11.3 Å². The van der Waals surface area contributed by atoms with Gasteiger partial charge in [0.25, 0.3) is 0 Å². The monoisotopic (exact) mass is 390 g/mol. The van der Waals surface area contributed by atoms with Crippen LogP contribution in [0.3, 0.4) is 0 Å². The molecule has 3 rings (SSSR count). The Morgan fingerprint density at radius 2 is 1.96 bits per heavy atom. The van der Waals surface area contributed by atoms with Crippen molar-refractivity contribution >= 4 is 28.5 Å². The lowest BCUT2D eigenvalue weighted by Gasteiger charge is -2.03. The highest BCUT2D eigenvalue weighted by atomic mass is 32.1. The minimum Gasteiger partial charge on any atom is -0.494 e. The molecule has 0 aliphatic carbocycles. The molecule has 28 heavy (non-hydrogen) atoms. The van der Waals surface area contributed by atoms with Crippen molar-refractivity contribution < 1.29 is 9.53 Å². The number of amides is 1. The normalized spacial score (nSPS) is 10.9. The maximum absolute atomic E-state index is 11.1. The third-order valence-electron chi connectivity index (χ3n) is 3.87. The molecule has 3 aromatic rings.